The molecule has 2 bridgehead atoms. The minimum atomic E-state index is -0.0186. The molecule has 0 saturated carbocycles. The molecule has 4 heterocycles. The molecule has 1 aromatic heterocycles. The van der Waals surface area contributed by atoms with Crippen molar-refractivity contribution in [3.05, 3.63) is 17.8 Å². The lowest BCUT2D eigenvalue weighted by molar-refractivity contribution is 0.0154. The molecule has 0 amide bonds. The van der Waals surface area contributed by atoms with E-state index in [1.165, 1.54) is 26.2 Å². The van der Waals surface area contributed by atoms with E-state index in [4.69, 9.17) is 4.42 Å². The smallest absolute Gasteiger partial charge is 0.213 e. The molecule has 1 unspecified atom stereocenters. The summed E-state index contributed by atoms with van der Waals surface area (Å²) in [5.41, 5.74) is -0.0186. The van der Waals surface area contributed by atoms with Crippen molar-refractivity contribution >= 4 is 29.9 Å². The van der Waals surface area contributed by atoms with Crippen molar-refractivity contribution in [2.24, 2.45) is 4.99 Å². The van der Waals surface area contributed by atoms with Crippen LogP contribution in [0.1, 0.15) is 32.4 Å². The van der Waals surface area contributed by atoms with Gasteiger partial charge in [0.25, 0.3) is 0 Å². The second kappa shape index (κ2) is 8.68. The lowest BCUT2D eigenvalue weighted by atomic mass is 9.94. The van der Waals surface area contributed by atoms with E-state index in [1.54, 1.807) is 7.05 Å². The molecule has 7 nitrogen and oxygen atoms in total. The number of hydrogen-bond donors (Lipinski definition) is 2. The summed E-state index contributed by atoms with van der Waals surface area (Å²) < 4.78 is 5.81. The van der Waals surface area contributed by atoms with Crippen LogP contribution in [0.2, 0.25) is 0 Å². The summed E-state index contributed by atoms with van der Waals surface area (Å²) in [4.78, 5) is 13.8. The van der Waals surface area contributed by atoms with E-state index in [2.05, 4.69) is 51.2 Å². The Kier molecular flexibility index (Phi) is 7.10. The number of rotatable bonds is 4. The number of fused-ring (bicyclic) bond motifs is 3. The predicted octanol–water partition coefficient (Wildman–Crippen LogP) is 1.25. The molecule has 0 radical (unpaired) electrons. The Bertz CT molecular complexity index is 574. The number of halogens is 1. The fourth-order valence-corrected chi connectivity index (χ4v) is 3.25. The SMILES string of the molecule is CN=C(NCc1ncc(C(C)(C)C)o1)NCC1CN2CCN1CC2.I. The van der Waals surface area contributed by atoms with Crippen molar-refractivity contribution in [2.45, 2.75) is 38.8 Å². The second-order valence-electron chi connectivity index (χ2n) is 7.67. The Morgan fingerprint density at radius 3 is 2.52 bits per heavy atom. The van der Waals surface area contributed by atoms with Crippen LogP contribution in [0.15, 0.2) is 15.6 Å². The first-order chi connectivity index (χ1) is 11.5. The molecule has 1 atom stereocenters. The maximum absolute atomic E-state index is 5.81. The Labute approximate surface area is 167 Å². The molecular weight excluding hydrogens is 431 g/mol. The molecule has 3 aliphatic rings. The summed E-state index contributed by atoms with van der Waals surface area (Å²) in [5.74, 6) is 2.39. The molecule has 3 saturated heterocycles. The lowest BCUT2D eigenvalue weighted by Gasteiger charge is -2.47. The maximum atomic E-state index is 5.81. The normalized spacial score (nSPS) is 26.2. The monoisotopic (exact) mass is 462 g/mol. The Balaban J connectivity index is 0.00000225. The van der Waals surface area contributed by atoms with Gasteiger partial charge in [0.2, 0.25) is 5.89 Å². The van der Waals surface area contributed by atoms with Gasteiger partial charge in [0, 0.05) is 57.8 Å². The molecule has 0 aliphatic carbocycles. The molecule has 3 fully saturated rings. The first-order valence-corrected chi connectivity index (χ1v) is 8.82. The first-order valence-electron chi connectivity index (χ1n) is 8.82. The van der Waals surface area contributed by atoms with Gasteiger partial charge in [-0.3, -0.25) is 14.8 Å². The van der Waals surface area contributed by atoms with E-state index in [0.29, 0.717) is 18.5 Å². The number of aliphatic imine (C=N–C) groups is 1. The highest BCUT2D eigenvalue weighted by Crippen LogP contribution is 2.22. The average Bonchev–Trinajstić information content (AvgIpc) is 3.05. The van der Waals surface area contributed by atoms with Gasteiger partial charge in [-0.1, -0.05) is 20.8 Å². The van der Waals surface area contributed by atoms with Crippen molar-refractivity contribution in [1.29, 1.82) is 0 Å². The molecular formula is C17H31IN6O. The topological polar surface area (TPSA) is 68.9 Å². The molecule has 0 aromatic carbocycles. The van der Waals surface area contributed by atoms with Crippen LogP contribution < -0.4 is 10.6 Å². The van der Waals surface area contributed by atoms with E-state index in [-0.39, 0.29) is 29.4 Å². The third-order valence-corrected chi connectivity index (χ3v) is 4.82. The molecule has 1 aromatic rings. The number of guanidine groups is 1. The van der Waals surface area contributed by atoms with E-state index in [0.717, 1.165) is 24.8 Å². The van der Waals surface area contributed by atoms with Gasteiger partial charge in [-0.15, -0.1) is 24.0 Å². The fourth-order valence-electron chi connectivity index (χ4n) is 3.25. The zero-order valence-electron chi connectivity index (χ0n) is 15.7. The third kappa shape index (κ3) is 5.30. The lowest BCUT2D eigenvalue weighted by Crippen LogP contribution is -2.63. The van der Waals surface area contributed by atoms with Gasteiger partial charge >= 0.3 is 0 Å². The maximum Gasteiger partial charge on any atom is 0.213 e. The van der Waals surface area contributed by atoms with Crippen molar-refractivity contribution in [2.75, 3.05) is 46.3 Å². The van der Waals surface area contributed by atoms with E-state index >= 15 is 0 Å². The third-order valence-electron chi connectivity index (χ3n) is 4.82. The number of oxazole rings is 1. The van der Waals surface area contributed by atoms with Gasteiger partial charge in [0.15, 0.2) is 5.96 Å². The minimum Gasteiger partial charge on any atom is -0.443 e. The van der Waals surface area contributed by atoms with Gasteiger partial charge in [0.05, 0.1) is 12.7 Å². The largest absolute Gasteiger partial charge is 0.443 e. The number of nitrogens with zero attached hydrogens (tertiary/aromatic N) is 4. The number of piperazine rings is 3. The molecule has 142 valence electrons. The van der Waals surface area contributed by atoms with Crippen LogP contribution in [0.3, 0.4) is 0 Å². The van der Waals surface area contributed by atoms with E-state index in [1.807, 2.05) is 6.20 Å². The van der Waals surface area contributed by atoms with Gasteiger partial charge in [-0.25, -0.2) is 4.98 Å². The standard InChI is InChI=1S/C17H30N6O.HI/c1-17(2,3)14-10-19-15(24-14)11-21-16(18-4)20-9-13-12-22-5-7-23(13)8-6-22;/h10,13H,5-9,11-12H2,1-4H3,(H2,18,20,21);1H. The van der Waals surface area contributed by atoms with Gasteiger partial charge in [0.1, 0.15) is 5.76 Å². The van der Waals surface area contributed by atoms with Crippen LogP contribution in [0, 0.1) is 0 Å². The molecule has 25 heavy (non-hydrogen) atoms. The van der Waals surface area contributed by atoms with Gasteiger partial charge in [-0.2, -0.15) is 0 Å². The van der Waals surface area contributed by atoms with Crippen LogP contribution in [0.5, 0.6) is 0 Å². The summed E-state index contributed by atoms with van der Waals surface area (Å²) in [7, 11) is 1.79. The van der Waals surface area contributed by atoms with Crippen molar-refractivity contribution in [1.82, 2.24) is 25.4 Å². The van der Waals surface area contributed by atoms with Crippen LogP contribution in [-0.2, 0) is 12.0 Å². The zero-order chi connectivity index (χ0) is 17.2. The first kappa shape index (κ1) is 20.4. The summed E-state index contributed by atoms with van der Waals surface area (Å²) in [5, 5.41) is 6.72. The van der Waals surface area contributed by atoms with Crippen molar-refractivity contribution in [3.8, 4) is 0 Å². The zero-order valence-corrected chi connectivity index (χ0v) is 18.0. The number of hydrogen-bond acceptors (Lipinski definition) is 5. The summed E-state index contributed by atoms with van der Waals surface area (Å²) >= 11 is 0. The predicted molar refractivity (Wildman–Crippen MR) is 111 cm³/mol. The highest BCUT2D eigenvalue weighted by atomic mass is 127. The molecule has 2 N–H and O–H groups in total. The second-order valence-corrected chi connectivity index (χ2v) is 7.67. The molecule has 0 spiro atoms. The van der Waals surface area contributed by atoms with Crippen LogP contribution in [0.25, 0.3) is 0 Å². The molecule has 3 aliphatic heterocycles. The van der Waals surface area contributed by atoms with Gasteiger partial charge in [-0.05, 0) is 0 Å². The van der Waals surface area contributed by atoms with Crippen molar-refractivity contribution in [3.63, 3.8) is 0 Å². The number of aromatic nitrogens is 1. The average molecular weight is 462 g/mol. The Morgan fingerprint density at radius 1 is 1.28 bits per heavy atom. The summed E-state index contributed by atoms with van der Waals surface area (Å²) in [6.45, 7) is 13.8. The van der Waals surface area contributed by atoms with Gasteiger partial charge < -0.3 is 15.1 Å². The Hall–Kier alpha value is -0.870. The van der Waals surface area contributed by atoms with E-state index < -0.39 is 0 Å². The highest BCUT2D eigenvalue weighted by Gasteiger charge is 2.31. The quantitative estimate of drug-likeness (QED) is 0.399. The molecule has 4 rings (SSSR count). The molecule has 8 heteroatoms. The summed E-state index contributed by atoms with van der Waals surface area (Å²) in [6, 6.07) is 0.570. The summed E-state index contributed by atoms with van der Waals surface area (Å²) in [6.07, 6.45) is 1.81. The van der Waals surface area contributed by atoms with Crippen LogP contribution >= 0.6 is 24.0 Å². The van der Waals surface area contributed by atoms with Crippen LogP contribution in [-0.4, -0.2) is 73.1 Å². The highest BCUT2D eigenvalue weighted by molar-refractivity contribution is 14.0. The van der Waals surface area contributed by atoms with E-state index in [9.17, 15) is 0 Å². The number of nitrogens with one attached hydrogen (secondary N) is 2. The van der Waals surface area contributed by atoms with Crippen molar-refractivity contribution < 1.29 is 4.42 Å². The minimum absolute atomic E-state index is 0. The van der Waals surface area contributed by atoms with Crippen LogP contribution in [0.4, 0.5) is 0 Å². The Morgan fingerprint density at radius 2 is 2.00 bits per heavy atom. The fraction of sp³-hybridized carbons (Fsp3) is 0.765.